The lowest BCUT2D eigenvalue weighted by atomic mass is 9.72. The van der Waals surface area contributed by atoms with Crippen molar-refractivity contribution >= 4 is 0 Å². The molecule has 6 nitrogen and oxygen atoms in total. The lowest BCUT2D eigenvalue weighted by molar-refractivity contribution is -0.0632. The van der Waals surface area contributed by atoms with Crippen LogP contribution in [0, 0.1) is 5.92 Å². The van der Waals surface area contributed by atoms with E-state index in [0.717, 1.165) is 38.2 Å². The first-order valence-electron chi connectivity index (χ1n) is 7.75. The molecule has 1 saturated carbocycles. The predicted octanol–water partition coefficient (Wildman–Crippen LogP) is 1.12. The molecule has 20 heavy (non-hydrogen) atoms. The molecule has 1 aliphatic carbocycles. The number of aryl methyl sites for hydroxylation is 1. The largest absolute Gasteiger partial charge is 0.390 e. The summed E-state index contributed by atoms with van der Waals surface area (Å²) in [6, 6.07) is 0.474. The number of hydrogen-bond acceptors (Lipinski definition) is 5. The Morgan fingerprint density at radius 3 is 2.85 bits per heavy atom. The number of rotatable bonds is 3. The molecule has 1 N–H and O–H groups in total. The zero-order valence-electron chi connectivity index (χ0n) is 12.5. The average Bonchev–Trinajstić information content (AvgIpc) is 3.00. The normalized spacial score (nSPS) is 35.5. The summed E-state index contributed by atoms with van der Waals surface area (Å²) >= 11 is 0. The fourth-order valence-corrected chi connectivity index (χ4v) is 4.02. The molecule has 1 aliphatic heterocycles. The highest BCUT2D eigenvalue weighted by atomic mass is 16.3. The van der Waals surface area contributed by atoms with Crippen molar-refractivity contribution in [1.29, 1.82) is 0 Å². The van der Waals surface area contributed by atoms with Gasteiger partial charge in [0.15, 0.2) is 5.82 Å². The average molecular weight is 279 g/mol. The third-order valence-corrected chi connectivity index (χ3v) is 5.18. The van der Waals surface area contributed by atoms with E-state index in [2.05, 4.69) is 20.4 Å². The monoisotopic (exact) mass is 279 g/mol. The molecule has 3 rings (SSSR count). The van der Waals surface area contributed by atoms with Crippen molar-refractivity contribution in [1.82, 2.24) is 25.1 Å². The lowest BCUT2D eigenvalue weighted by Gasteiger charge is -2.43. The minimum atomic E-state index is -0.510. The molecule has 112 valence electrons. The van der Waals surface area contributed by atoms with E-state index in [0.29, 0.717) is 12.0 Å². The van der Waals surface area contributed by atoms with Crippen molar-refractivity contribution in [3.63, 3.8) is 0 Å². The molecule has 6 heteroatoms. The van der Waals surface area contributed by atoms with Gasteiger partial charge in [0.25, 0.3) is 0 Å². The van der Waals surface area contributed by atoms with Gasteiger partial charge in [-0.05, 0) is 49.6 Å². The third kappa shape index (κ3) is 2.59. The van der Waals surface area contributed by atoms with Crippen LogP contribution in [0.5, 0.6) is 0 Å². The molecule has 0 unspecified atom stereocenters. The third-order valence-electron chi connectivity index (χ3n) is 5.18. The van der Waals surface area contributed by atoms with E-state index in [4.69, 9.17) is 0 Å². The van der Waals surface area contributed by atoms with Gasteiger partial charge in [-0.2, -0.15) is 0 Å². The van der Waals surface area contributed by atoms with Crippen LogP contribution in [0.15, 0.2) is 0 Å². The second kappa shape index (κ2) is 5.41. The van der Waals surface area contributed by atoms with Crippen LogP contribution in [0.1, 0.15) is 51.3 Å². The Balaban J connectivity index is 1.73. The fourth-order valence-electron chi connectivity index (χ4n) is 4.02. The van der Waals surface area contributed by atoms with Crippen molar-refractivity contribution < 1.29 is 5.11 Å². The van der Waals surface area contributed by atoms with Crippen LogP contribution in [0.4, 0.5) is 0 Å². The van der Waals surface area contributed by atoms with Crippen LogP contribution in [-0.4, -0.2) is 48.4 Å². The van der Waals surface area contributed by atoms with Gasteiger partial charge >= 0.3 is 0 Å². The Bertz CT molecular complexity index is 458. The number of aliphatic hydroxyl groups is 1. The molecular weight excluding hydrogens is 254 g/mol. The summed E-state index contributed by atoms with van der Waals surface area (Å²) in [5.74, 6) is 1.30. The Morgan fingerprint density at radius 2 is 2.15 bits per heavy atom. The zero-order valence-corrected chi connectivity index (χ0v) is 12.5. The second-order valence-corrected chi connectivity index (χ2v) is 6.61. The summed E-state index contributed by atoms with van der Waals surface area (Å²) in [6.07, 6.45) is 6.88. The van der Waals surface area contributed by atoms with Crippen molar-refractivity contribution in [2.45, 2.75) is 63.6 Å². The summed E-state index contributed by atoms with van der Waals surface area (Å²) in [7, 11) is 1.89. The van der Waals surface area contributed by atoms with Crippen LogP contribution in [0.2, 0.25) is 0 Å². The first-order valence-corrected chi connectivity index (χ1v) is 7.75. The Labute approximate surface area is 120 Å². The van der Waals surface area contributed by atoms with Gasteiger partial charge in [-0.3, -0.25) is 4.90 Å². The topological polar surface area (TPSA) is 67.1 Å². The van der Waals surface area contributed by atoms with Gasteiger partial charge in [0, 0.05) is 19.0 Å². The molecule has 0 aromatic carbocycles. The van der Waals surface area contributed by atoms with Crippen LogP contribution >= 0.6 is 0 Å². The summed E-state index contributed by atoms with van der Waals surface area (Å²) in [6.45, 7) is 3.90. The van der Waals surface area contributed by atoms with Gasteiger partial charge in [-0.25, -0.2) is 4.68 Å². The maximum absolute atomic E-state index is 10.7. The number of tetrazole rings is 1. The maximum atomic E-state index is 10.7. The molecule has 2 aliphatic rings. The summed E-state index contributed by atoms with van der Waals surface area (Å²) in [5.41, 5.74) is -0.510. The van der Waals surface area contributed by atoms with Crippen molar-refractivity contribution in [3.8, 4) is 0 Å². The highest BCUT2D eigenvalue weighted by molar-refractivity contribution is 4.97. The first-order chi connectivity index (χ1) is 9.58. The molecule has 1 aromatic heterocycles. The van der Waals surface area contributed by atoms with E-state index in [1.165, 1.54) is 19.3 Å². The molecular formula is C14H25N5O. The van der Waals surface area contributed by atoms with Gasteiger partial charge in [0.2, 0.25) is 0 Å². The quantitative estimate of drug-likeness (QED) is 0.898. The number of nitrogens with zero attached hydrogens (tertiary/aromatic N) is 5. The molecule has 1 saturated heterocycles. The van der Waals surface area contributed by atoms with Crippen molar-refractivity contribution in [3.05, 3.63) is 5.82 Å². The highest BCUT2D eigenvalue weighted by Gasteiger charge is 2.43. The maximum Gasteiger partial charge on any atom is 0.164 e. The van der Waals surface area contributed by atoms with E-state index in [1.807, 2.05) is 14.0 Å². The van der Waals surface area contributed by atoms with Crippen LogP contribution in [0.25, 0.3) is 0 Å². The SMILES string of the molecule is Cn1nnnc1CN1CCC[C@@H]1[C@H]1CCCC[C@]1(C)O. The molecule has 1 aromatic rings. The van der Waals surface area contributed by atoms with Crippen molar-refractivity contribution in [2.24, 2.45) is 13.0 Å². The standard InChI is InChI=1S/C14H25N5O/c1-14(20)8-4-3-6-11(14)12-7-5-9-19(12)10-13-15-16-17-18(13)2/h11-12,20H,3-10H2,1-2H3/t11-,12-,14+/m1/s1. The Kier molecular flexibility index (Phi) is 3.77. The number of aromatic nitrogens is 4. The van der Waals surface area contributed by atoms with E-state index < -0.39 is 5.60 Å². The minimum absolute atomic E-state index is 0.389. The van der Waals surface area contributed by atoms with Gasteiger partial charge in [0.1, 0.15) is 0 Å². The summed E-state index contributed by atoms with van der Waals surface area (Å²) in [4.78, 5) is 2.47. The molecule has 3 atom stereocenters. The van der Waals surface area contributed by atoms with Gasteiger partial charge in [-0.15, -0.1) is 5.10 Å². The van der Waals surface area contributed by atoms with Crippen LogP contribution < -0.4 is 0 Å². The smallest absolute Gasteiger partial charge is 0.164 e. The Hall–Kier alpha value is -1.01. The van der Waals surface area contributed by atoms with E-state index in [-0.39, 0.29) is 0 Å². The summed E-state index contributed by atoms with van der Waals surface area (Å²) in [5, 5.41) is 22.4. The van der Waals surface area contributed by atoms with Gasteiger partial charge < -0.3 is 5.11 Å². The van der Waals surface area contributed by atoms with Gasteiger partial charge in [-0.1, -0.05) is 12.8 Å². The highest BCUT2D eigenvalue weighted by Crippen LogP contribution is 2.40. The molecule has 0 spiro atoms. The lowest BCUT2D eigenvalue weighted by Crippen LogP contribution is -2.48. The molecule has 0 bridgehead atoms. The van der Waals surface area contributed by atoms with Gasteiger partial charge in [0.05, 0.1) is 12.1 Å². The van der Waals surface area contributed by atoms with Crippen LogP contribution in [-0.2, 0) is 13.6 Å². The second-order valence-electron chi connectivity index (χ2n) is 6.61. The zero-order chi connectivity index (χ0) is 14.2. The Morgan fingerprint density at radius 1 is 1.30 bits per heavy atom. The van der Waals surface area contributed by atoms with E-state index in [9.17, 15) is 5.11 Å². The first kappa shape index (κ1) is 13.9. The van der Waals surface area contributed by atoms with E-state index in [1.54, 1.807) is 4.68 Å². The number of likely N-dealkylation sites (tertiary alicyclic amines) is 1. The van der Waals surface area contributed by atoms with Crippen molar-refractivity contribution in [2.75, 3.05) is 6.54 Å². The molecule has 0 amide bonds. The van der Waals surface area contributed by atoms with E-state index >= 15 is 0 Å². The molecule has 2 heterocycles. The predicted molar refractivity (Wildman–Crippen MR) is 74.8 cm³/mol. The molecule has 2 fully saturated rings. The minimum Gasteiger partial charge on any atom is -0.390 e. The molecule has 0 radical (unpaired) electrons. The van der Waals surface area contributed by atoms with Crippen LogP contribution in [0.3, 0.4) is 0 Å². The fraction of sp³-hybridized carbons (Fsp3) is 0.929. The number of hydrogen-bond donors (Lipinski definition) is 1. The summed E-state index contributed by atoms with van der Waals surface area (Å²) < 4.78 is 1.74.